The third kappa shape index (κ3) is 3.71. The number of piperidine rings is 1. The Bertz CT molecular complexity index is 607. The summed E-state index contributed by atoms with van der Waals surface area (Å²) >= 11 is 0. The lowest BCUT2D eigenvalue weighted by atomic mass is 10.0. The van der Waals surface area contributed by atoms with Gasteiger partial charge in [-0.05, 0) is 45.1 Å². The molecule has 1 aromatic rings. The largest absolute Gasteiger partial charge is 0.482 e. The van der Waals surface area contributed by atoms with E-state index in [4.69, 9.17) is 4.74 Å². The molecular formula is C17H23N3O3. The number of anilines is 1. The number of carbonyl (C=O) groups is 2. The van der Waals surface area contributed by atoms with Crippen LogP contribution in [0.4, 0.5) is 5.69 Å². The number of likely N-dealkylation sites (tertiary alicyclic amines) is 1. The van der Waals surface area contributed by atoms with Crippen LogP contribution >= 0.6 is 0 Å². The van der Waals surface area contributed by atoms with E-state index in [1.165, 1.54) is 0 Å². The van der Waals surface area contributed by atoms with Crippen LogP contribution < -0.4 is 10.1 Å². The van der Waals surface area contributed by atoms with Gasteiger partial charge in [0.25, 0.3) is 5.91 Å². The quantitative estimate of drug-likeness (QED) is 0.846. The van der Waals surface area contributed by atoms with Gasteiger partial charge in [0.15, 0.2) is 12.4 Å². The van der Waals surface area contributed by atoms with E-state index < -0.39 is 0 Å². The fourth-order valence-corrected chi connectivity index (χ4v) is 3.14. The zero-order valence-electron chi connectivity index (χ0n) is 13.7. The van der Waals surface area contributed by atoms with Gasteiger partial charge in [-0.25, -0.2) is 0 Å². The zero-order valence-corrected chi connectivity index (χ0v) is 13.7. The number of nitrogens with one attached hydrogen (secondary N) is 1. The van der Waals surface area contributed by atoms with Crippen LogP contribution in [-0.2, 0) is 4.79 Å². The summed E-state index contributed by atoms with van der Waals surface area (Å²) in [6, 6.07) is 5.84. The predicted octanol–water partition coefficient (Wildman–Crippen LogP) is 1.23. The molecule has 0 saturated carbocycles. The molecule has 124 valence electrons. The van der Waals surface area contributed by atoms with Crippen molar-refractivity contribution in [2.45, 2.75) is 18.9 Å². The van der Waals surface area contributed by atoms with Gasteiger partial charge in [0.1, 0.15) is 5.75 Å². The maximum Gasteiger partial charge on any atom is 0.262 e. The van der Waals surface area contributed by atoms with Crippen molar-refractivity contribution in [3.63, 3.8) is 0 Å². The molecule has 6 heteroatoms. The molecular weight excluding hydrogens is 294 g/mol. The predicted molar refractivity (Wildman–Crippen MR) is 88.0 cm³/mol. The lowest BCUT2D eigenvalue weighted by molar-refractivity contribution is -0.118. The molecule has 0 bridgehead atoms. The van der Waals surface area contributed by atoms with Crippen LogP contribution in [0.5, 0.6) is 5.75 Å². The normalized spacial score (nSPS) is 19.2. The average molecular weight is 317 g/mol. The fourth-order valence-electron chi connectivity index (χ4n) is 3.14. The number of nitrogens with zero attached hydrogens (tertiary/aromatic N) is 2. The highest BCUT2D eigenvalue weighted by atomic mass is 16.5. The van der Waals surface area contributed by atoms with Crippen molar-refractivity contribution >= 4 is 17.4 Å². The first-order valence-corrected chi connectivity index (χ1v) is 8.01. The number of rotatable bonds is 4. The molecule has 0 aliphatic carbocycles. The highest BCUT2D eigenvalue weighted by Crippen LogP contribution is 2.28. The molecule has 23 heavy (non-hydrogen) atoms. The molecule has 1 saturated heterocycles. The molecule has 2 aliphatic rings. The molecule has 1 aromatic carbocycles. The van der Waals surface area contributed by atoms with Gasteiger partial charge in [-0.15, -0.1) is 0 Å². The SMILES string of the molecule is CN(C)C1CCN(CC(=O)c2ccc3c(c2)NC(=O)CO3)CC1. The van der Waals surface area contributed by atoms with E-state index in [1.807, 2.05) is 0 Å². The first-order valence-electron chi connectivity index (χ1n) is 8.01. The molecule has 2 aliphatic heterocycles. The van der Waals surface area contributed by atoms with E-state index in [9.17, 15) is 9.59 Å². The number of benzene rings is 1. The summed E-state index contributed by atoms with van der Waals surface area (Å²) in [5, 5.41) is 2.74. The minimum atomic E-state index is -0.187. The van der Waals surface area contributed by atoms with Crippen molar-refractivity contribution in [3.8, 4) is 5.75 Å². The molecule has 0 unspecified atom stereocenters. The Balaban J connectivity index is 1.61. The number of ether oxygens (including phenoxy) is 1. The van der Waals surface area contributed by atoms with E-state index in [2.05, 4.69) is 29.2 Å². The summed E-state index contributed by atoms with van der Waals surface area (Å²) in [6.07, 6.45) is 2.18. The molecule has 2 heterocycles. The van der Waals surface area contributed by atoms with E-state index in [1.54, 1.807) is 18.2 Å². The number of hydrogen-bond donors (Lipinski definition) is 1. The van der Waals surface area contributed by atoms with Gasteiger partial charge in [-0.1, -0.05) is 0 Å². The second-order valence-electron chi connectivity index (χ2n) is 6.44. The van der Waals surface area contributed by atoms with Gasteiger partial charge in [0, 0.05) is 24.7 Å². The van der Waals surface area contributed by atoms with E-state index in [0.717, 1.165) is 25.9 Å². The summed E-state index contributed by atoms with van der Waals surface area (Å²) in [6.45, 7) is 2.34. The smallest absolute Gasteiger partial charge is 0.262 e. The minimum Gasteiger partial charge on any atom is -0.482 e. The maximum absolute atomic E-state index is 12.5. The summed E-state index contributed by atoms with van der Waals surface area (Å²) < 4.78 is 5.32. The summed E-state index contributed by atoms with van der Waals surface area (Å²) in [7, 11) is 4.21. The minimum absolute atomic E-state index is 0.0289. The third-order valence-electron chi connectivity index (χ3n) is 4.59. The number of carbonyl (C=O) groups excluding carboxylic acids is 2. The van der Waals surface area contributed by atoms with Crippen molar-refractivity contribution in [2.24, 2.45) is 0 Å². The Hall–Kier alpha value is -1.92. The highest BCUT2D eigenvalue weighted by Gasteiger charge is 2.23. The van der Waals surface area contributed by atoms with Gasteiger partial charge < -0.3 is 15.0 Å². The van der Waals surface area contributed by atoms with Crippen molar-refractivity contribution in [1.29, 1.82) is 0 Å². The lowest BCUT2D eigenvalue weighted by Crippen LogP contribution is -2.43. The monoisotopic (exact) mass is 317 g/mol. The first kappa shape index (κ1) is 16.0. The first-order chi connectivity index (χ1) is 11.0. The van der Waals surface area contributed by atoms with Gasteiger partial charge in [0.2, 0.25) is 0 Å². The third-order valence-corrected chi connectivity index (χ3v) is 4.59. The summed E-state index contributed by atoms with van der Waals surface area (Å²) in [5.41, 5.74) is 1.20. The standard InChI is InChI=1S/C17H23N3O3/c1-19(2)13-5-7-20(8-6-13)10-15(21)12-3-4-16-14(9-12)18-17(22)11-23-16/h3-4,9,13H,5-8,10-11H2,1-2H3,(H,18,22). The van der Waals surface area contributed by atoms with Crippen LogP contribution in [0.3, 0.4) is 0 Å². The van der Waals surface area contributed by atoms with Gasteiger partial charge in [-0.2, -0.15) is 0 Å². The molecule has 3 rings (SSSR count). The Kier molecular flexibility index (Phi) is 4.63. The van der Waals surface area contributed by atoms with Crippen molar-refractivity contribution in [3.05, 3.63) is 23.8 Å². The van der Waals surface area contributed by atoms with Crippen LogP contribution in [-0.4, -0.2) is 67.9 Å². The number of fused-ring (bicyclic) bond motifs is 1. The molecule has 1 amide bonds. The Morgan fingerprint density at radius 1 is 1.35 bits per heavy atom. The van der Waals surface area contributed by atoms with Crippen LogP contribution in [0, 0.1) is 0 Å². The topological polar surface area (TPSA) is 61.9 Å². The number of hydrogen-bond acceptors (Lipinski definition) is 5. The van der Waals surface area contributed by atoms with Crippen LogP contribution in [0.1, 0.15) is 23.2 Å². The molecule has 0 aromatic heterocycles. The van der Waals surface area contributed by atoms with Crippen LogP contribution in [0.2, 0.25) is 0 Å². The molecule has 6 nitrogen and oxygen atoms in total. The van der Waals surface area contributed by atoms with Crippen LogP contribution in [0.25, 0.3) is 0 Å². The van der Waals surface area contributed by atoms with E-state index in [-0.39, 0.29) is 18.3 Å². The molecule has 0 atom stereocenters. The zero-order chi connectivity index (χ0) is 16.4. The van der Waals surface area contributed by atoms with Gasteiger partial charge in [-0.3, -0.25) is 14.5 Å². The molecule has 1 fully saturated rings. The van der Waals surface area contributed by atoms with E-state index in [0.29, 0.717) is 29.6 Å². The summed E-state index contributed by atoms with van der Waals surface area (Å²) in [4.78, 5) is 28.3. The second-order valence-corrected chi connectivity index (χ2v) is 6.44. The van der Waals surface area contributed by atoms with Crippen molar-refractivity contribution in [2.75, 3.05) is 45.7 Å². The molecule has 0 spiro atoms. The second kappa shape index (κ2) is 6.68. The fraction of sp³-hybridized carbons (Fsp3) is 0.529. The maximum atomic E-state index is 12.5. The van der Waals surface area contributed by atoms with Crippen LogP contribution in [0.15, 0.2) is 18.2 Å². The number of Topliss-reactive ketones (excluding diaryl/α,β-unsaturated/α-hetero) is 1. The Morgan fingerprint density at radius 3 is 2.78 bits per heavy atom. The molecule has 0 radical (unpaired) electrons. The van der Waals surface area contributed by atoms with E-state index >= 15 is 0 Å². The van der Waals surface area contributed by atoms with Crippen molar-refractivity contribution in [1.82, 2.24) is 9.80 Å². The Morgan fingerprint density at radius 2 is 2.09 bits per heavy atom. The average Bonchev–Trinajstić information content (AvgIpc) is 2.54. The number of amides is 1. The van der Waals surface area contributed by atoms with Gasteiger partial charge >= 0.3 is 0 Å². The summed E-state index contributed by atoms with van der Waals surface area (Å²) in [5.74, 6) is 0.511. The highest BCUT2D eigenvalue weighted by molar-refractivity contribution is 6.01. The number of ketones is 1. The van der Waals surface area contributed by atoms with Crippen molar-refractivity contribution < 1.29 is 14.3 Å². The molecule has 1 N–H and O–H groups in total. The Labute approximate surface area is 136 Å². The van der Waals surface area contributed by atoms with Gasteiger partial charge in [0.05, 0.1) is 12.2 Å². The lowest BCUT2D eigenvalue weighted by Gasteiger charge is -2.34.